The van der Waals surface area contributed by atoms with Crippen molar-refractivity contribution in [2.45, 2.75) is 44.6 Å². The molecule has 1 saturated carbocycles. The zero-order valence-corrected chi connectivity index (χ0v) is 14.8. The van der Waals surface area contributed by atoms with Gasteiger partial charge in [-0.15, -0.1) is 0 Å². The third-order valence-corrected chi connectivity index (χ3v) is 5.89. The molecule has 2 saturated heterocycles. The molecular formula is C18H31N3O3. The lowest BCUT2D eigenvalue weighted by atomic mass is 10.0. The number of nitrogens with one attached hydrogen (secondary N) is 1. The highest BCUT2D eigenvalue weighted by Gasteiger charge is 2.35. The van der Waals surface area contributed by atoms with Gasteiger partial charge in [0.2, 0.25) is 11.8 Å². The van der Waals surface area contributed by atoms with E-state index in [9.17, 15) is 9.59 Å². The number of carbonyl (C=O) groups excluding carboxylic acids is 2. The second kappa shape index (κ2) is 8.30. The Balaban J connectivity index is 1.69. The van der Waals surface area contributed by atoms with Crippen molar-refractivity contribution in [3.63, 3.8) is 0 Å². The third kappa shape index (κ3) is 4.09. The van der Waals surface area contributed by atoms with E-state index in [0.717, 1.165) is 71.4 Å². The van der Waals surface area contributed by atoms with Crippen LogP contribution in [0.15, 0.2) is 0 Å². The number of carbonyl (C=O) groups is 2. The van der Waals surface area contributed by atoms with Crippen molar-refractivity contribution in [2.75, 3.05) is 46.4 Å². The maximum Gasteiger partial charge on any atom is 0.225 e. The molecule has 3 rings (SSSR count). The van der Waals surface area contributed by atoms with Crippen LogP contribution in [0.5, 0.6) is 0 Å². The van der Waals surface area contributed by atoms with Gasteiger partial charge in [0.1, 0.15) is 0 Å². The van der Waals surface area contributed by atoms with Crippen LogP contribution < -0.4 is 5.32 Å². The maximum absolute atomic E-state index is 12.8. The van der Waals surface area contributed by atoms with Gasteiger partial charge in [-0.05, 0) is 25.7 Å². The van der Waals surface area contributed by atoms with E-state index in [0.29, 0.717) is 12.6 Å². The Morgan fingerprint density at radius 1 is 0.958 bits per heavy atom. The number of rotatable bonds is 3. The molecule has 0 bridgehead atoms. The van der Waals surface area contributed by atoms with Crippen molar-refractivity contribution in [1.29, 1.82) is 0 Å². The lowest BCUT2D eigenvalue weighted by molar-refractivity contribution is -0.136. The van der Waals surface area contributed by atoms with Crippen molar-refractivity contribution in [3.8, 4) is 0 Å². The third-order valence-electron chi connectivity index (χ3n) is 5.89. The predicted octanol–water partition coefficient (Wildman–Crippen LogP) is 0.862. The maximum atomic E-state index is 12.8. The molecule has 0 aromatic rings. The summed E-state index contributed by atoms with van der Waals surface area (Å²) in [5, 5.41) is 2.79. The Bertz CT molecular complexity index is 445. The monoisotopic (exact) mass is 337 g/mol. The first-order valence-corrected chi connectivity index (χ1v) is 9.51. The van der Waals surface area contributed by atoms with Crippen LogP contribution in [0.25, 0.3) is 0 Å². The fourth-order valence-electron chi connectivity index (χ4n) is 4.42. The summed E-state index contributed by atoms with van der Waals surface area (Å²) in [5.41, 5.74) is 0. The van der Waals surface area contributed by atoms with Gasteiger partial charge >= 0.3 is 0 Å². The van der Waals surface area contributed by atoms with Gasteiger partial charge in [-0.1, -0.05) is 12.8 Å². The standard InChI is InChI=1S/C18H31N3O3/c1-19-17(22)15-12-20(16-6-10-24-11-7-16)8-9-21(13-15)18(23)14-4-2-3-5-14/h14-16H,2-13H2,1H3,(H,19,22)/t15-/m0/s1. The highest BCUT2D eigenvalue weighted by atomic mass is 16.5. The Labute approximate surface area is 144 Å². The number of ether oxygens (including phenoxy) is 1. The van der Waals surface area contributed by atoms with Crippen LogP contribution in [-0.2, 0) is 14.3 Å². The largest absolute Gasteiger partial charge is 0.381 e. The number of amides is 2. The van der Waals surface area contributed by atoms with Gasteiger partial charge in [0.05, 0.1) is 5.92 Å². The first kappa shape index (κ1) is 17.7. The van der Waals surface area contributed by atoms with Crippen LogP contribution in [0.2, 0.25) is 0 Å². The van der Waals surface area contributed by atoms with Crippen molar-refractivity contribution in [3.05, 3.63) is 0 Å². The molecule has 2 aliphatic heterocycles. The highest BCUT2D eigenvalue weighted by molar-refractivity contribution is 5.82. The van der Waals surface area contributed by atoms with Crippen molar-refractivity contribution in [1.82, 2.24) is 15.1 Å². The lowest BCUT2D eigenvalue weighted by Crippen LogP contribution is -2.45. The molecule has 136 valence electrons. The summed E-state index contributed by atoms with van der Waals surface area (Å²) in [6.07, 6.45) is 6.41. The molecule has 0 aromatic carbocycles. The molecule has 24 heavy (non-hydrogen) atoms. The summed E-state index contributed by atoms with van der Waals surface area (Å²) in [4.78, 5) is 29.6. The zero-order valence-electron chi connectivity index (χ0n) is 14.8. The molecular weight excluding hydrogens is 306 g/mol. The number of nitrogens with zero attached hydrogens (tertiary/aromatic N) is 2. The summed E-state index contributed by atoms with van der Waals surface area (Å²) in [5.74, 6) is 0.379. The Morgan fingerprint density at radius 2 is 1.67 bits per heavy atom. The molecule has 2 amide bonds. The van der Waals surface area contributed by atoms with Crippen molar-refractivity contribution < 1.29 is 14.3 Å². The van der Waals surface area contributed by atoms with Crippen LogP contribution in [-0.4, -0.2) is 74.1 Å². The molecule has 6 nitrogen and oxygen atoms in total. The topological polar surface area (TPSA) is 61.9 Å². The second-order valence-corrected chi connectivity index (χ2v) is 7.42. The molecule has 1 aliphatic carbocycles. The highest BCUT2D eigenvalue weighted by Crippen LogP contribution is 2.28. The molecule has 2 heterocycles. The second-order valence-electron chi connectivity index (χ2n) is 7.42. The Morgan fingerprint density at radius 3 is 2.33 bits per heavy atom. The van der Waals surface area contributed by atoms with Crippen LogP contribution in [0.3, 0.4) is 0 Å². The summed E-state index contributed by atoms with van der Waals surface area (Å²) in [6.45, 7) is 4.54. The Kier molecular flexibility index (Phi) is 6.11. The lowest BCUT2D eigenvalue weighted by Gasteiger charge is -2.34. The van der Waals surface area contributed by atoms with Crippen molar-refractivity contribution in [2.24, 2.45) is 11.8 Å². The molecule has 6 heteroatoms. The minimum Gasteiger partial charge on any atom is -0.381 e. The average Bonchev–Trinajstić information content (AvgIpc) is 3.07. The minimum atomic E-state index is -0.134. The molecule has 0 unspecified atom stereocenters. The van der Waals surface area contributed by atoms with Crippen LogP contribution in [0.1, 0.15) is 38.5 Å². The van der Waals surface area contributed by atoms with Gasteiger partial charge < -0.3 is 15.0 Å². The van der Waals surface area contributed by atoms with Crippen molar-refractivity contribution >= 4 is 11.8 Å². The first-order valence-electron chi connectivity index (χ1n) is 9.51. The van der Waals surface area contributed by atoms with Crippen LogP contribution in [0.4, 0.5) is 0 Å². The van der Waals surface area contributed by atoms with Crippen LogP contribution in [0, 0.1) is 11.8 Å². The molecule has 1 atom stereocenters. The predicted molar refractivity (Wildman–Crippen MR) is 91.5 cm³/mol. The van der Waals surface area contributed by atoms with E-state index in [1.54, 1.807) is 7.05 Å². The van der Waals surface area contributed by atoms with E-state index in [1.165, 1.54) is 0 Å². The van der Waals surface area contributed by atoms with Gasteiger partial charge in [-0.2, -0.15) is 0 Å². The van der Waals surface area contributed by atoms with E-state index in [4.69, 9.17) is 4.74 Å². The molecule has 1 N–H and O–H groups in total. The smallest absolute Gasteiger partial charge is 0.225 e. The van der Waals surface area contributed by atoms with E-state index >= 15 is 0 Å². The number of hydrogen-bond acceptors (Lipinski definition) is 4. The molecule has 3 fully saturated rings. The zero-order chi connectivity index (χ0) is 16.9. The fraction of sp³-hybridized carbons (Fsp3) is 0.889. The van der Waals surface area contributed by atoms with Gasteiger partial charge in [0.15, 0.2) is 0 Å². The summed E-state index contributed by atoms with van der Waals surface area (Å²) < 4.78 is 5.47. The van der Waals surface area contributed by atoms with E-state index < -0.39 is 0 Å². The average molecular weight is 337 g/mol. The summed E-state index contributed by atoms with van der Waals surface area (Å²) >= 11 is 0. The summed E-state index contributed by atoms with van der Waals surface area (Å²) in [7, 11) is 1.69. The fourth-order valence-corrected chi connectivity index (χ4v) is 4.42. The van der Waals surface area contributed by atoms with Gasteiger partial charge in [0, 0.05) is 58.4 Å². The van der Waals surface area contributed by atoms with Gasteiger partial charge in [0.25, 0.3) is 0 Å². The molecule has 0 aromatic heterocycles. The molecule has 0 radical (unpaired) electrons. The van der Waals surface area contributed by atoms with E-state index in [1.807, 2.05) is 4.90 Å². The van der Waals surface area contributed by atoms with E-state index in [-0.39, 0.29) is 23.7 Å². The summed E-state index contributed by atoms with van der Waals surface area (Å²) in [6, 6.07) is 0.479. The number of hydrogen-bond donors (Lipinski definition) is 1. The molecule has 3 aliphatic rings. The Hall–Kier alpha value is -1.14. The van der Waals surface area contributed by atoms with Crippen LogP contribution >= 0.6 is 0 Å². The van der Waals surface area contributed by atoms with Gasteiger partial charge in [-0.25, -0.2) is 0 Å². The van der Waals surface area contributed by atoms with Gasteiger partial charge in [-0.3, -0.25) is 14.5 Å². The minimum absolute atomic E-state index is 0.0539. The quantitative estimate of drug-likeness (QED) is 0.830. The first-order chi connectivity index (χ1) is 11.7. The molecule has 0 spiro atoms. The normalized spacial score (nSPS) is 27.9. The van der Waals surface area contributed by atoms with E-state index in [2.05, 4.69) is 10.2 Å². The SMILES string of the molecule is CNC(=O)[C@@H]1CN(C(=O)C2CCCC2)CCN(C2CCOCC2)C1.